The molecule has 7 heteroatoms. The number of halogens is 1. The largest absolute Gasteiger partial charge is 0.342 e. The van der Waals surface area contributed by atoms with Crippen molar-refractivity contribution in [3.05, 3.63) is 35.6 Å². The van der Waals surface area contributed by atoms with Gasteiger partial charge in [0.15, 0.2) is 0 Å². The molecule has 3 saturated heterocycles. The van der Waals surface area contributed by atoms with Crippen molar-refractivity contribution in [2.45, 2.75) is 51.4 Å². The average Bonchev–Trinajstić information content (AvgIpc) is 2.85. The first-order valence-corrected chi connectivity index (χ1v) is 12.1. The predicted molar refractivity (Wildman–Crippen MR) is 119 cm³/mol. The van der Waals surface area contributed by atoms with E-state index in [1.807, 2.05) is 9.80 Å². The molecule has 0 radical (unpaired) electrons. The minimum Gasteiger partial charge on any atom is -0.342 e. The van der Waals surface area contributed by atoms with Gasteiger partial charge in [-0.25, -0.2) is 4.39 Å². The van der Waals surface area contributed by atoms with Crippen molar-refractivity contribution in [3.8, 4) is 0 Å². The molecule has 32 heavy (non-hydrogen) atoms. The molecule has 3 fully saturated rings. The van der Waals surface area contributed by atoms with Crippen LogP contribution in [0.4, 0.5) is 4.39 Å². The van der Waals surface area contributed by atoms with E-state index in [4.69, 9.17) is 0 Å². The van der Waals surface area contributed by atoms with Crippen LogP contribution in [0.15, 0.2) is 24.3 Å². The molecule has 0 saturated carbocycles. The van der Waals surface area contributed by atoms with Gasteiger partial charge in [-0.1, -0.05) is 12.1 Å². The number of hydrogen-bond donors (Lipinski definition) is 0. The molecule has 4 rings (SSSR count). The Bertz CT molecular complexity index is 814. The number of carbonyl (C=O) groups is 3. The van der Waals surface area contributed by atoms with Gasteiger partial charge >= 0.3 is 0 Å². The molecule has 1 aromatic carbocycles. The third kappa shape index (κ3) is 5.48. The second kappa shape index (κ2) is 10.5. The number of rotatable bonds is 4. The van der Waals surface area contributed by atoms with E-state index < -0.39 is 0 Å². The lowest BCUT2D eigenvalue weighted by atomic mass is 9.91. The standard InChI is InChI=1S/C25H34FN3O3/c26-22-8-6-19(7-9-22)17-23(30)29-14-4-5-21(18-29)25(32)28-15-10-20(11-16-28)24(31)27-12-2-1-3-13-27/h6-9,20-21H,1-5,10-18H2. The van der Waals surface area contributed by atoms with Crippen LogP contribution in [0.25, 0.3) is 0 Å². The summed E-state index contributed by atoms with van der Waals surface area (Å²) in [6, 6.07) is 6.00. The Morgan fingerprint density at radius 3 is 2.00 bits per heavy atom. The van der Waals surface area contributed by atoms with E-state index in [-0.39, 0.29) is 41.8 Å². The molecule has 1 unspecified atom stereocenters. The fourth-order valence-electron chi connectivity index (χ4n) is 5.27. The highest BCUT2D eigenvalue weighted by atomic mass is 19.1. The lowest BCUT2D eigenvalue weighted by Gasteiger charge is -2.39. The molecule has 3 aliphatic heterocycles. The number of piperidine rings is 3. The van der Waals surface area contributed by atoms with E-state index in [2.05, 4.69) is 0 Å². The number of nitrogens with zero attached hydrogens (tertiary/aromatic N) is 3. The lowest BCUT2D eigenvalue weighted by molar-refractivity contribution is -0.145. The zero-order valence-electron chi connectivity index (χ0n) is 18.8. The summed E-state index contributed by atoms with van der Waals surface area (Å²) in [5.41, 5.74) is 0.783. The Kier molecular flexibility index (Phi) is 7.43. The van der Waals surface area contributed by atoms with Gasteiger partial charge in [0.25, 0.3) is 0 Å². The topological polar surface area (TPSA) is 60.9 Å². The zero-order chi connectivity index (χ0) is 22.5. The van der Waals surface area contributed by atoms with Crippen LogP contribution in [-0.4, -0.2) is 71.7 Å². The fraction of sp³-hybridized carbons (Fsp3) is 0.640. The first-order valence-electron chi connectivity index (χ1n) is 12.1. The van der Waals surface area contributed by atoms with Gasteiger partial charge in [0.2, 0.25) is 17.7 Å². The number of hydrogen-bond acceptors (Lipinski definition) is 3. The van der Waals surface area contributed by atoms with Crippen molar-refractivity contribution >= 4 is 17.7 Å². The molecule has 0 spiro atoms. The second-order valence-electron chi connectivity index (χ2n) is 9.47. The molecule has 0 aromatic heterocycles. The Hall–Kier alpha value is -2.44. The average molecular weight is 444 g/mol. The maximum atomic E-state index is 13.1. The molecule has 0 N–H and O–H groups in total. The summed E-state index contributed by atoms with van der Waals surface area (Å²) in [5.74, 6) is -0.0704. The molecule has 1 atom stereocenters. The van der Waals surface area contributed by atoms with Gasteiger partial charge in [0.05, 0.1) is 12.3 Å². The molecule has 0 aliphatic carbocycles. The summed E-state index contributed by atoms with van der Waals surface area (Å²) in [6.45, 7) is 4.12. The number of likely N-dealkylation sites (tertiary alicyclic amines) is 3. The van der Waals surface area contributed by atoms with Gasteiger partial charge in [-0.05, 0) is 62.6 Å². The van der Waals surface area contributed by atoms with Gasteiger partial charge < -0.3 is 14.7 Å². The first-order chi connectivity index (χ1) is 15.5. The summed E-state index contributed by atoms with van der Waals surface area (Å²) >= 11 is 0. The van der Waals surface area contributed by atoms with Crippen LogP contribution in [0.5, 0.6) is 0 Å². The van der Waals surface area contributed by atoms with Crippen molar-refractivity contribution in [3.63, 3.8) is 0 Å². The molecular formula is C25H34FN3O3. The van der Waals surface area contributed by atoms with Crippen molar-refractivity contribution in [1.82, 2.24) is 14.7 Å². The third-order valence-corrected chi connectivity index (χ3v) is 7.22. The SMILES string of the molecule is O=C(Cc1ccc(F)cc1)N1CCCC(C(=O)N2CCC(C(=O)N3CCCCC3)CC2)C1. The number of benzene rings is 1. The van der Waals surface area contributed by atoms with E-state index in [0.29, 0.717) is 26.2 Å². The molecule has 0 bridgehead atoms. The molecule has 3 aliphatic rings. The minimum absolute atomic E-state index is 0.0139. The Balaban J connectivity index is 1.26. The second-order valence-corrected chi connectivity index (χ2v) is 9.47. The van der Waals surface area contributed by atoms with Crippen molar-refractivity contribution < 1.29 is 18.8 Å². The summed E-state index contributed by atoms with van der Waals surface area (Å²) in [5, 5.41) is 0. The fourth-order valence-corrected chi connectivity index (χ4v) is 5.27. The van der Waals surface area contributed by atoms with E-state index >= 15 is 0 Å². The highest BCUT2D eigenvalue weighted by Crippen LogP contribution is 2.25. The van der Waals surface area contributed by atoms with Gasteiger partial charge in [-0.15, -0.1) is 0 Å². The van der Waals surface area contributed by atoms with Gasteiger partial charge in [0.1, 0.15) is 5.82 Å². The summed E-state index contributed by atoms with van der Waals surface area (Å²) in [4.78, 5) is 44.3. The molecular weight excluding hydrogens is 409 g/mol. The van der Waals surface area contributed by atoms with Crippen LogP contribution < -0.4 is 0 Å². The highest BCUT2D eigenvalue weighted by Gasteiger charge is 2.35. The van der Waals surface area contributed by atoms with Crippen LogP contribution in [-0.2, 0) is 20.8 Å². The smallest absolute Gasteiger partial charge is 0.227 e. The third-order valence-electron chi connectivity index (χ3n) is 7.22. The Morgan fingerprint density at radius 2 is 1.31 bits per heavy atom. The summed E-state index contributed by atoms with van der Waals surface area (Å²) < 4.78 is 13.1. The normalized spacial score (nSPS) is 22.7. The Labute approximate surface area is 189 Å². The Morgan fingerprint density at radius 1 is 0.719 bits per heavy atom. The quantitative estimate of drug-likeness (QED) is 0.719. The van der Waals surface area contributed by atoms with Crippen molar-refractivity contribution in [2.75, 3.05) is 39.3 Å². The molecule has 6 nitrogen and oxygen atoms in total. The van der Waals surface area contributed by atoms with Crippen molar-refractivity contribution in [2.24, 2.45) is 11.8 Å². The molecule has 1 aromatic rings. The maximum absolute atomic E-state index is 13.1. The monoisotopic (exact) mass is 443 g/mol. The van der Waals surface area contributed by atoms with Crippen LogP contribution in [0, 0.1) is 17.7 Å². The zero-order valence-corrected chi connectivity index (χ0v) is 18.8. The number of carbonyl (C=O) groups excluding carboxylic acids is 3. The van der Waals surface area contributed by atoms with E-state index in [9.17, 15) is 18.8 Å². The number of amides is 3. The minimum atomic E-state index is -0.314. The van der Waals surface area contributed by atoms with E-state index in [1.54, 1.807) is 17.0 Å². The molecule has 174 valence electrons. The van der Waals surface area contributed by atoms with Gasteiger partial charge in [-0.3, -0.25) is 14.4 Å². The highest BCUT2D eigenvalue weighted by molar-refractivity contribution is 5.83. The van der Waals surface area contributed by atoms with Crippen molar-refractivity contribution in [1.29, 1.82) is 0 Å². The molecule has 3 heterocycles. The first kappa shape index (κ1) is 22.7. The predicted octanol–water partition coefficient (Wildman–Crippen LogP) is 2.86. The van der Waals surface area contributed by atoms with Gasteiger partial charge in [-0.2, -0.15) is 0 Å². The molecule has 3 amide bonds. The van der Waals surface area contributed by atoms with Gasteiger partial charge in [0, 0.05) is 45.2 Å². The van der Waals surface area contributed by atoms with E-state index in [0.717, 1.165) is 57.2 Å². The summed E-state index contributed by atoms with van der Waals surface area (Å²) in [6.07, 6.45) is 6.72. The van der Waals surface area contributed by atoms with E-state index in [1.165, 1.54) is 18.6 Å². The maximum Gasteiger partial charge on any atom is 0.227 e. The van der Waals surface area contributed by atoms with Crippen LogP contribution in [0.3, 0.4) is 0 Å². The summed E-state index contributed by atoms with van der Waals surface area (Å²) in [7, 11) is 0. The lowest BCUT2D eigenvalue weighted by Crippen LogP contribution is -2.50. The van der Waals surface area contributed by atoms with Crippen LogP contribution >= 0.6 is 0 Å². The van der Waals surface area contributed by atoms with Crippen LogP contribution in [0.1, 0.15) is 50.5 Å². The van der Waals surface area contributed by atoms with Crippen LogP contribution in [0.2, 0.25) is 0 Å².